The van der Waals surface area contributed by atoms with Crippen LogP contribution in [-0.4, -0.2) is 56.2 Å². The summed E-state index contributed by atoms with van der Waals surface area (Å²) in [6.07, 6.45) is -0.435. The second kappa shape index (κ2) is 11.2. The molecule has 2 rings (SSSR count). The van der Waals surface area contributed by atoms with Crippen LogP contribution in [0.5, 0.6) is 11.5 Å². The van der Waals surface area contributed by atoms with E-state index in [0.29, 0.717) is 29.3 Å². The first-order valence-electron chi connectivity index (χ1n) is 10.4. The van der Waals surface area contributed by atoms with Crippen molar-refractivity contribution in [2.45, 2.75) is 32.9 Å². The molecule has 0 aliphatic heterocycles. The zero-order valence-corrected chi connectivity index (χ0v) is 19.9. The molecule has 3 amide bonds. The van der Waals surface area contributed by atoms with Crippen LogP contribution >= 0.6 is 0 Å². The Hall–Kier alpha value is -3.75. The van der Waals surface area contributed by atoms with Gasteiger partial charge in [0.05, 0.1) is 20.8 Å². The molecule has 2 N–H and O–H groups in total. The highest BCUT2D eigenvalue weighted by atomic mass is 16.6. The number of hydrogen-bond acceptors (Lipinski definition) is 6. The summed E-state index contributed by atoms with van der Waals surface area (Å²) in [6, 6.07) is 11.8. The Labute approximate surface area is 194 Å². The maximum atomic E-state index is 12.4. The van der Waals surface area contributed by atoms with Crippen molar-refractivity contribution in [1.82, 2.24) is 10.2 Å². The summed E-state index contributed by atoms with van der Waals surface area (Å²) in [7, 11) is 4.63. The molecular weight excluding hydrogens is 426 g/mol. The van der Waals surface area contributed by atoms with Crippen molar-refractivity contribution in [2.24, 2.45) is 0 Å². The number of carbonyl (C=O) groups excluding carboxylic acids is 3. The zero-order valence-electron chi connectivity index (χ0n) is 19.9. The minimum atomic E-state index is -0.581. The van der Waals surface area contributed by atoms with Gasteiger partial charge < -0.3 is 29.7 Å². The van der Waals surface area contributed by atoms with Gasteiger partial charge in [-0.1, -0.05) is 12.1 Å². The van der Waals surface area contributed by atoms with E-state index in [1.165, 1.54) is 25.2 Å². The highest BCUT2D eigenvalue weighted by Gasteiger charge is 2.19. The van der Waals surface area contributed by atoms with E-state index in [2.05, 4.69) is 10.6 Å². The number of rotatable bonds is 8. The van der Waals surface area contributed by atoms with Crippen LogP contribution in [0.2, 0.25) is 0 Å². The van der Waals surface area contributed by atoms with E-state index in [1.54, 1.807) is 58.2 Å². The molecule has 0 bridgehead atoms. The molecule has 0 fully saturated rings. The Kier molecular flexibility index (Phi) is 8.67. The quantitative estimate of drug-likeness (QED) is 0.629. The summed E-state index contributed by atoms with van der Waals surface area (Å²) in [6.45, 7) is 5.51. The van der Waals surface area contributed by atoms with Crippen LogP contribution < -0.4 is 20.1 Å². The van der Waals surface area contributed by atoms with Gasteiger partial charge in [-0.15, -0.1) is 0 Å². The molecule has 0 aliphatic rings. The number of benzene rings is 2. The van der Waals surface area contributed by atoms with Crippen molar-refractivity contribution in [3.8, 4) is 11.5 Å². The van der Waals surface area contributed by atoms with E-state index in [9.17, 15) is 14.4 Å². The highest BCUT2D eigenvalue weighted by molar-refractivity contribution is 5.99. The summed E-state index contributed by atoms with van der Waals surface area (Å²) >= 11 is 0. The van der Waals surface area contributed by atoms with E-state index in [1.807, 2.05) is 6.07 Å². The Balaban J connectivity index is 1.91. The first-order valence-corrected chi connectivity index (χ1v) is 10.4. The van der Waals surface area contributed by atoms with Crippen molar-refractivity contribution >= 4 is 23.6 Å². The second-order valence-electron chi connectivity index (χ2n) is 8.34. The van der Waals surface area contributed by atoms with Crippen molar-refractivity contribution in [3.05, 3.63) is 53.6 Å². The van der Waals surface area contributed by atoms with E-state index in [-0.39, 0.29) is 12.5 Å². The first kappa shape index (κ1) is 25.5. The van der Waals surface area contributed by atoms with Crippen LogP contribution in [0.4, 0.5) is 10.5 Å². The van der Waals surface area contributed by atoms with Crippen molar-refractivity contribution < 1.29 is 28.6 Å². The van der Waals surface area contributed by atoms with Gasteiger partial charge in [0.15, 0.2) is 11.5 Å². The summed E-state index contributed by atoms with van der Waals surface area (Å²) in [4.78, 5) is 38.3. The number of carbonyl (C=O) groups is 3. The third-order valence-corrected chi connectivity index (χ3v) is 4.39. The smallest absolute Gasteiger partial charge is 0.410 e. The van der Waals surface area contributed by atoms with Crippen LogP contribution in [0.3, 0.4) is 0 Å². The largest absolute Gasteiger partial charge is 0.493 e. The lowest BCUT2D eigenvalue weighted by atomic mass is 10.2. The monoisotopic (exact) mass is 457 g/mol. The predicted molar refractivity (Wildman–Crippen MR) is 125 cm³/mol. The number of nitrogens with one attached hydrogen (secondary N) is 2. The molecule has 0 saturated carbocycles. The summed E-state index contributed by atoms with van der Waals surface area (Å²) in [5.41, 5.74) is 1.13. The molecule has 178 valence electrons. The van der Waals surface area contributed by atoms with Crippen LogP contribution in [0.15, 0.2) is 42.5 Å². The lowest BCUT2D eigenvalue weighted by molar-refractivity contribution is -0.115. The SMILES string of the molecule is COc1ccc(C(=O)NCC(=O)Nc2cccc(CN(C)C(=O)OC(C)(C)C)c2)cc1OC. The van der Waals surface area contributed by atoms with Gasteiger partial charge in [0.1, 0.15) is 5.60 Å². The maximum absolute atomic E-state index is 12.4. The van der Waals surface area contributed by atoms with Crippen molar-refractivity contribution in [2.75, 3.05) is 33.1 Å². The molecular formula is C24H31N3O6. The fourth-order valence-corrected chi connectivity index (χ4v) is 2.87. The van der Waals surface area contributed by atoms with Crippen LogP contribution in [0.25, 0.3) is 0 Å². The van der Waals surface area contributed by atoms with Gasteiger partial charge in [0.25, 0.3) is 5.91 Å². The Morgan fingerprint density at radius 1 is 0.970 bits per heavy atom. The Morgan fingerprint density at radius 2 is 1.67 bits per heavy atom. The molecule has 0 saturated heterocycles. The minimum Gasteiger partial charge on any atom is -0.493 e. The lowest BCUT2D eigenvalue weighted by Crippen LogP contribution is -2.34. The topological polar surface area (TPSA) is 106 Å². The molecule has 33 heavy (non-hydrogen) atoms. The number of hydrogen-bond donors (Lipinski definition) is 2. The van der Waals surface area contributed by atoms with Gasteiger partial charge in [0, 0.05) is 24.8 Å². The zero-order chi connectivity index (χ0) is 24.6. The number of ether oxygens (including phenoxy) is 3. The Bertz CT molecular complexity index is 1000. The maximum Gasteiger partial charge on any atom is 0.410 e. The van der Waals surface area contributed by atoms with Crippen molar-refractivity contribution in [1.29, 1.82) is 0 Å². The van der Waals surface area contributed by atoms with Crippen molar-refractivity contribution in [3.63, 3.8) is 0 Å². The van der Waals surface area contributed by atoms with E-state index in [4.69, 9.17) is 14.2 Å². The number of anilines is 1. The van der Waals surface area contributed by atoms with E-state index in [0.717, 1.165) is 5.56 Å². The molecule has 0 atom stereocenters. The first-order chi connectivity index (χ1) is 15.5. The standard InChI is InChI=1S/C24H31N3O6/c1-24(2,3)33-23(30)27(4)15-16-8-7-9-18(12-16)26-21(28)14-25-22(29)17-10-11-19(31-5)20(13-17)32-6/h7-13H,14-15H2,1-6H3,(H,25,29)(H,26,28). The molecule has 0 unspecified atom stereocenters. The fraction of sp³-hybridized carbons (Fsp3) is 0.375. The molecule has 2 aromatic carbocycles. The highest BCUT2D eigenvalue weighted by Crippen LogP contribution is 2.27. The molecule has 2 aromatic rings. The van der Waals surface area contributed by atoms with Gasteiger partial charge >= 0.3 is 6.09 Å². The third-order valence-electron chi connectivity index (χ3n) is 4.39. The Morgan fingerprint density at radius 3 is 2.30 bits per heavy atom. The summed E-state index contributed by atoms with van der Waals surface area (Å²) in [5.74, 6) is 0.118. The number of nitrogens with zero attached hydrogens (tertiary/aromatic N) is 1. The van der Waals surface area contributed by atoms with Gasteiger partial charge in [-0.2, -0.15) is 0 Å². The average molecular weight is 458 g/mol. The average Bonchev–Trinajstić information content (AvgIpc) is 2.76. The number of methoxy groups -OCH3 is 2. The molecule has 9 heteroatoms. The molecule has 0 radical (unpaired) electrons. The second-order valence-corrected chi connectivity index (χ2v) is 8.34. The van der Waals surface area contributed by atoms with Crippen LogP contribution in [-0.2, 0) is 16.1 Å². The van der Waals surface area contributed by atoms with Crippen LogP contribution in [0.1, 0.15) is 36.7 Å². The van der Waals surface area contributed by atoms with Gasteiger partial charge in [-0.3, -0.25) is 9.59 Å². The normalized spacial score (nSPS) is 10.7. The minimum absolute atomic E-state index is 0.213. The molecule has 0 aromatic heterocycles. The third kappa shape index (κ3) is 8.03. The molecule has 9 nitrogen and oxygen atoms in total. The summed E-state index contributed by atoms with van der Waals surface area (Å²) < 4.78 is 15.7. The molecule has 0 aliphatic carbocycles. The predicted octanol–water partition coefficient (Wildman–Crippen LogP) is 3.44. The molecule has 0 heterocycles. The van der Waals surface area contributed by atoms with Crippen LogP contribution in [0, 0.1) is 0 Å². The van der Waals surface area contributed by atoms with E-state index < -0.39 is 17.6 Å². The lowest BCUT2D eigenvalue weighted by Gasteiger charge is -2.24. The van der Waals surface area contributed by atoms with Gasteiger partial charge in [0.2, 0.25) is 5.91 Å². The van der Waals surface area contributed by atoms with Gasteiger partial charge in [-0.05, 0) is 56.7 Å². The molecule has 0 spiro atoms. The van der Waals surface area contributed by atoms with E-state index >= 15 is 0 Å². The number of amides is 3. The van der Waals surface area contributed by atoms with Gasteiger partial charge in [-0.25, -0.2) is 4.79 Å². The fourth-order valence-electron chi connectivity index (χ4n) is 2.87. The summed E-state index contributed by atoms with van der Waals surface area (Å²) in [5, 5.41) is 5.31.